The fraction of sp³-hybridized carbons (Fsp3) is 0.636. The number of rotatable bonds is 7. The molecule has 2 heteroatoms. The van der Waals surface area contributed by atoms with Crippen LogP contribution in [0.25, 0.3) is 0 Å². The van der Waals surface area contributed by atoms with Crippen molar-refractivity contribution in [3.05, 3.63) is 24.8 Å². The molecule has 0 amide bonds. The Balaban J connectivity index is 4.14. The van der Waals surface area contributed by atoms with Crippen LogP contribution in [-0.4, -0.2) is 36.2 Å². The minimum Gasteiger partial charge on any atom is -0.238 e. The van der Waals surface area contributed by atoms with Crippen molar-refractivity contribution in [2.75, 3.05) is 26.2 Å². The van der Waals surface area contributed by atoms with Gasteiger partial charge in [-0.3, -0.25) is 0 Å². The molecule has 0 aromatic rings. The van der Waals surface area contributed by atoms with E-state index in [0.29, 0.717) is 0 Å². The van der Waals surface area contributed by atoms with Crippen LogP contribution in [0.1, 0.15) is 20.8 Å². The number of likely N-dealkylation sites (N-methyl/N-ethyl adjacent to an activating group) is 2. The van der Waals surface area contributed by atoms with E-state index in [2.05, 4.69) is 43.9 Å². The molecule has 0 N–H and O–H groups in total. The first kappa shape index (κ1) is 12.4. The predicted octanol–water partition coefficient (Wildman–Crippen LogP) is 2.31. The molecule has 76 valence electrons. The number of hydrogen-bond acceptors (Lipinski definition) is 2. The van der Waals surface area contributed by atoms with Crippen molar-refractivity contribution >= 4 is 0 Å². The van der Waals surface area contributed by atoms with Crippen molar-refractivity contribution in [2.45, 2.75) is 20.8 Å². The Hall–Kier alpha value is -0.600. The summed E-state index contributed by atoms with van der Waals surface area (Å²) in [5, 5.41) is 4.58. The second-order valence-corrected chi connectivity index (χ2v) is 3.23. The van der Waals surface area contributed by atoms with Gasteiger partial charge in [-0.15, -0.1) is 6.58 Å². The molecule has 0 saturated carbocycles. The average Bonchev–Trinajstić information content (AvgIpc) is 2.10. The largest absolute Gasteiger partial charge is 0.238 e. The van der Waals surface area contributed by atoms with Gasteiger partial charge in [0, 0.05) is 26.2 Å². The van der Waals surface area contributed by atoms with Crippen molar-refractivity contribution in [3.63, 3.8) is 0 Å². The Morgan fingerprint density at radius 2 is 1.77 bits per heavy atom. The van der Waals surface area contributed by atoms with Crippen LogP contribution in [0.2, 0.25) is 0 Å². The van der Waals surface area contributed by atoms with Gasteiger partial charge in [0.05, 0.1) is 0 Å². The van der Waals surface area contributed by atoms with Crippen LogP contribution in [0.4, 0.5) is 0 Å². The van der Waals surface area contributed by atoms with Crippen LogP contribution < -0.4 is 0 Å². The molecule has 0 spiro atoms. The van der Waals surface area contributed by atoms with E-state index < -0.39 is 0 Å². The normalized spacial score (nSPS) is 10.8. The summed E-state index contributed by atoms with van der Waals surface area (Å²) in [5.74, 6) is 0. The van der Waals surface area contributed by atoms with Gasteiger partial charge in [-0.1, -0.05) is 32.1 Å². The standard InChI is InChI=1S/C11H22N2/c1-6-9-12(7-2)13(8-3)10-11(4)5/h6H,1,4,7-10H2,2-3,5H3. The zero-order chi connectivity index (χ0) is 10.3. The van der Waals surface area contributed by atoms with Crippen LogP contribution in [0.3, 0.4) is 0 Å². The van der Waals surface area contributed by atoms with Gasteiger partial charge < -0.3 is 0 Å². The zero-order valence-corrected chi connectivity index (χ0v) is 9.21. The SMILES string of the molecule is C=CCN(CC)N(CC)CC(=C)C. The maximum atomic E-state index is 3.93. The fourth-order valence-electron chi connectivity index (χ4n) is 1.32. The van der Waals surface area contributed by atoms with E-state index in [1.807, 2.05) is 6.08 Å². The molecule has 0 heterocycles. The lowest BCUT2D eigenvalue weighted by molar-refractivity contribution is 0.00369. The van der Waals surface area contributed by atoms with Gasteiger partial charge in [-0.2, -0.15) is 0 Å². The first-order valence-corrected chi connectivity index (χ1v) is 4.90. The lowest BCUT2D eigenvalue weighted by Gasteiger charge is -2.32. The van der Waals surface area contributed by atoms with E-state index in [0.717, 1.165) is 26.2 Å². The molecule has 13 heavy (non-hydrogen) atoms. The van der Waals surface area contributed by atoms with Crippen molar-refractivity contribution in [2.24, 2.45) is 0 Å². The van der Waals surface area contributed by atoms with Gasteiger partial charge in [-0.05, 0) is 6.92 Å². The molecular weight excluding hydrogens is 160 g/mol. The quantitative estimate of drug-likeness (QED) is 0.440. The third-order valence-corrected chi connectivity index (χ3v) is 1.92. The van der Waals surface area contributed by atoms with Gasteiger partial charge >= 0.3 is 0 Å². The van der Waals surface area contributed by atoms with Gasteiger partial charge in [0.15, 0.2) is 0 Å². The summed E-state index contributed by atoms with van der Waals surface area (Å²) < 4.78 is 0. The van der Waals surface area contributed by atoms with Gasteiger partial charge in [0.2, 0.25) is 0 Å². The topological polar surface area (TPSA) is 6.48 Å². The van der Waals surface area contributed by atoms with Gasteiger partial charge in [0.1, 0.15) is 0 Å². The predicted molar refractivity (Wildman–Crippen MR) is 59.5 cm³/mol. The third-order valence-electron chi connectivity index (χ3n) is 1.92. The summed E-state index contributed by atoms with van der Waals surface area (Å²) in [6.07, 6.45) is 1.94. The molecule has 2 nitrogen and oxygen atoms in total. The third kappa shape index (κ3) is 4.86. The molecule has 0 radical (unpaired) electrons. The number of nitrogens with zero attached hydrogens (tertiary/aromatic N) is 2. The van der Waals surface area contributed by atoms with Crippen LogP contribution in [0.5, 0.6) is 0 Å². The van der Waals surface area contributed by atoms with E-state index in [1.165, 1.54) is 5.57 Å². The Morgan fingerprint density at radius 3 is 2.08 bits per heavy atom. The Bertz CT molecular complexity index is 163. The highest BCUT2D eigenvalue weighted by molar-refractivity contribution is 4.91. The van der Waals surface area contributed by atoms with Crippen LogP contribution in [0.15, 0.2) is 24.8 Å². The fourth-order valence-corrected chi connectivity index (χ4v) is 1.32. The molecule has 0 aromatic heterocycles. The lowest BCUT2D eigenvalue weighted by atomic mass is 10.3. The molecule has 0 fully saturated rings. The number of hydrazine groups is 1. The first-order valence-electron chi connectivity index (χ1n) is 4.90. The van der Waals surface area contributed by atoms with E-state index in [4.69, 9.17) is 0 Å². The highest BCUT2D eigenvalue weighted by Gasteiger charge is 2.09. The van der Waals surface area contributed by atoms with Gasteiger partial charge in [0.25, 0.3) is 0 Å². The molecule has 0 aromatic carbocycles. The van der Waals surface area contributed by atoms with Crippen molar-refractivity contribution < 1.29 is 0 Å². The van der Waals surface area contributed by atoms with E-state index in [1.54, 1.807) is 0 Å². The second kappa shape index (κ2) is 6.87. The van der Waals surface area contributed by atoms with E-state index in [9.17, 15) is 0 Å². The van der Waals surface area contributed by atoms with E-state index in [-0.39, 0.29) is 0 Å². The average molecular weight is 182 g/mol. The highest BCUT2D eigenvalue weighted by Crippen LogP contribution is 2.01. The molecule has 0 aliphatic carbocycles. The Kier molecular flexibility index (Phi) is 6.55. The smallest absolute Gasteiger partial charge is 0.0338 e. The molecule has 0 atom stereocenters. The Labute approximate surface area is 82.5 Å². The molecule has 0 bridgehead atoms. The second-order valence-electron chi connectivity index (χ2n) is 3.23. The maximum Gasteiger partial charge on any atom is 0.0338 e. The summed E-state index contributed by atoms with van der Waals surface area (Å²) in [6.45, 7) is 18.0. The van der Waals surface area contributed by atoms with Crippen molar-refractivity contribution in [3.8, 4) is 0 Å². The van der Waals surface area contributed by atoms with Crippen molar-refractivity contribution in [1.29, 1.82) is 0 Å². The van der Waals surface area contributed by atoms with Crippen LogP contribution >= 0.6 is 0 Å². The van der Waals surface area contributed by atoms with E-state index >= 15 is 0 Å². The summed E-state index contributed by atoms with van der Waals surface area (Å²) in [6, 6.07) is 0. The minimum atomic E-state index is 0.914. The lowest BCUT2D eigenvalue weighted by Crippen LogP contribution is -2.43. The molecule has 0 aliphatic heterocycles. The minimum absolute atomic E-state index is 0.914. The molecule has 0 unspecified atom stereocenters. The summed E-state index contributed by atoms with van der Waals surface area (Å²) >= 11 is 0. The first-order chi connectivity index (χ1) is 6.15. The molecule has 0 aliphatic rings. The number of hydrogen-bond donors (Lipinski definition) is 0. The van der Waals surface area contributed by atoms with Crippen molar-refractivity contribution in [1.82, 2.24) is 10.0 Å². The molecular formula is C11H22N2. The zero-order valence-electron chi connectivity index (χ0n) is 9.21. The molecule has 0 rings (SSSR count). The Morgan fingerprint density at radius 1 is 1.23 bits per heavy atom. The van der Waals surface area contributed by atoms with Crippen LogP contribution in [-0.2, 0) is 0 Å². The van der Waals surface area contributed by atoms with Gasteiger partial charge in [-0.25, -0.2) is 10.0 Å². The summed E-state index contributed by atoms with van der Waals surface area (Å²) in [7, 11) is 0. The van der Waals surface area contributed by atoms with Crippen LogP contribution in [0, 0.1) is 0 Å². The summed E-state index contributed by atoms with van der Waals surface area (Å²) in [4.78, 5) is 0. The highest BCUT2D eigenvalue weighted by atomic mass is 15.6. The molecule has 0 saturated heterocycles. The summed E-state index contributed by atoms with van der Waals surface area (Å²) in [5.41, 5.74) is 1.20. The monoisotopic (exact) mass is 182 g/mol. The maximum absolute atomic E-state index is 3.93.